The molecule has 0 unspecified atom stereocenters. The molecule has 3 aromatic rings. The van der Waals surface area contributed by atoms with Crippen molar-refractivity contribution in [3.63, 3.8) is 0 Å². The maximum absolute atomic E-state index is 11.2. The smallest absolute Gasteiger partial charge is 0.356 e. The summed E-state index contributed by atoms with van der Waals surface area (Å²) in [7, 11) is 1.52. The zero-order chi connectivity index (χ0) is 15.5. The summed E-state index contributed by atoms with van der Waals surface area (Å²) in [6.07, 6.45) is 4.51. The van der Waals surface area contributed by atoms with Crippen molar-refractivity contribution in [2.75, 3.05) is 7.11 Å². The van der Waals surface area contributed by atoms with Gasteiger partial charge in [-0.05, 0) is 12.1 Å². The van der Waals surface area contributed by atoms with Crippen LogP contribution in [0.25, 0.3) is 17.1 Å². The van der Waals surface area contributed by atoms with Gasteiger partial charge in [-0.1, -0.05) is 0 Å². The fourth-order valence-corrected chi connectivity index (χ4v) is 1.93. The highest BCUT2D eigenvalue weighted by Gasteiger charge is 2.17. The van der Waals surface area contributed by atoms with Gasteiger partial charge in [0.15, 0.2) is 5.69 Å². The Morgan fingerprint density at radius 2 is 2.14 bits per heavy atom. The Morgan fingerprint density at radius 3 is 2.73 bits per heavy atom. The number of hydrogen-bond acceptors (Lipinski definition) is 6. The van der Waals surface area contributed by atoms with Gasteiger partial charge in [0.05, 0.1) is 30.4 Å². The van der Waals surface area contributed by atoms with Crippen LogP contribution in [0.5, 0.6) is 5.88 Å². The molecule has 22 heavy (non-hydrogen) atoms. The Balaban J connectivity index is 2.14. The lowest BCUT2D eigenvalue weighted by Crippen LogP contribution is -2.03. The van der Waals surface area contributed by atoms with Gasteiger partial charge in [-0.15, -0.1) is 0 Å². The number of carbonyl (C=O) groups is 1. The van der Waals surface area contributed by atoms with Crippen molar-refractivity contribution in [2.45, 2.75) is 0 Å². The van der Waals surface area contributed by atoms with E-state index in [1.807, 2.05) is 0 Å². The number of carboxylic acids is 1. The van der Waals surface area contributed by atoms with Gasteiger partial charge in [0.2, 0.25) is 5.88 Å². The number of carboxylic acid groups (broad SMARTS) is 1. The average molecular weight is 297 g/mol. The van der Waals surface area contributed by atoms with Crippen LogP contribution >= 0.6 is 0 Å². The monoisotopic (exact) mass is 297 g/mol. The summed E-state index contributed by atoms with van der Waals surface area (Å²) in [6.45, 7) is 0. The fourth-order valence-electron chi connectivity index (χ4n) is 1.93. The Bertz CT molecular complexity index is 799. The van der Waals surface area contributed by atoms with Crippen LogP contribution < -0.4 is 4.74 Å². The summed E-state index contributed by atoms with van der Waals surface area (Å²) in [5, 5.41) is 13.2. The number of aromatic carboxylic acids is 1. The molecule has 110 valence electrons. The molecule has 0 spiro atoms. The molecule has 0 aliphatic carbocycles. The fraction of sp³-hybridized carbons (Fsp3) is 0.0714. The first-order valence-corrected chi connectivity index (χ1v) is 6.29. The van der Waals surface area contributed by atoms with E-state index in [2.05, 4.69) is 20.1 Å². The average Bonchev–Trinajstić information content (AvgIpc) is 3.01. The van der Waals surface area contributed by atoms with E-state index in [4.69, 9.17) is 9.84 Å². The first kappa shape index (κ1) is 13.7. The van der Waals surface area contributed by atoms with E-state index in [1.54, 1.807) is 30.6 Å². The molecule has 3 heterocycles. The van der Waals surface area contributed by atoms with E-state index < -0.39 is 5.97 Å². The lowest BCUT2D eigenvalue weighted by molar-refractivity contribution is 0.0690. The third kappa shape index (κ3) is 2.49. The maximum Gasteiger partial charge on any atom is 0.356 e. The lowest BCUT2D eigenvalue weighted by atomic mass is 10.2. The minimum Gasteiger partial charge on any atom is -0.481 e. The Kier molecular flexibility index (Phi) is 3.48. The van der Waals surface area contributed by atoms with Crippen molar-refractivity contribution >= 4 is 5.97 Å². The summed E-state index contributed by atoms with van der Waals surface area (Å²) in [4.78, 5) is 23.3. The van der Waals surface area contributed by atoms with Crippen molar-refractivity contribution in [1.82, 2.24) is 24.7 Å². The standard InChI is InChI=1S/C14H11N5O3/c1-22-13-3-2-9(7-16-13)19-12(6-11(18-19)14(20)21)10-4-5-15-8-17-10/h2-8H,1H3,(H,20,21). The molecule has 0 radical (unpaired) electrons. The molecule has 0 saturated carbocycles. The summed E-state index contributed by atoms with van der Waals surface area (Å²) in [5.41, 5.74) is 1.61. The molecule has 1 N–H and O–H groups in total. The van der Waals surface area contributed by atoms with Gasteiger partial charge in [0.1, 0.15) is 6.33 Å². The summed E-state index contributed by atoms with van der Waals surface area (Å²) in [5.74, 6) is -0.659. The van der Waals surface area contributed by atoms with Crippen molar-refractivity contribution in [1.29, 1.82) is 0 Å². The zero-order valence-corrected chi connectivity index (χ0v) is 11.5. The minimum absolute atomic E-state index is 0.0792. The molecule has 0 bridgehead atoms. The number of rotatable bonds is 4. The van der Waals surface area contributed by atoms with Crippen LogP contribution in [0.1, 0.15) is 10.5 Å². The number of nitrogens with zero attached hydrogens (tertiary/aromatic N) is 5. The number of methoxy groups -OCH3 is 1. The molecule has 8 nitrogen and oxygen atoms in total. The third-order valence-corrected chi connectivity index (χ3v) is 2.95. The van der Waals surface area contributed by atoms with Crippen molar-refractivity contribution in [3.8, 4) is 23.0 Å². The normalized spacial score (nSPS) is 10.4. The molecule has 0 amide bonds. The first-order valence-electron chi connectivity index (χ1n) is 6.29. The highest BCUT2D eigenvalue weighted by atomic mass is 16.5. The van der Waals surface area contributed by atoms with E-state index in [-0.39, 0.29) is 5.69 Å². The Hall–Kier alpha value is -3.29. The van der Waals surface area contributed by atoms with Crippen LogP contribution in [0, 0.1) is 0 Å². The number of aromatic nitrogens is 5. The van der Waals surface area contributed by atoms with Gasteiger partial charge in [-0.2, -0.15) is 5.10 Å². The van der Waals surface area contributed by atoms with E-state index in [9.17, 15) is 4.79 Å². The van der Waals surface area contributed by atoms with Crippen LogP contribution in [-0.4, -0.2) is 42.9 Å². The van der Waals surface area contributed by atoms with E-state index in [0.717, 1.165) is 0 Å². The Labute approximate surface area is 125 Å². The highest BCUT2D eigenvalue weighted by Crippen LogP contribution is 2.22. The van der Waals surface area contributed by atoms with Crippen LogP contribution in [0.4, 0.5) is 0 Å². The predicted octanol–water partition coefficient (Wildman–Crippen LogP) is 1.43. The molecule has 0 atom stereocenters. The molecule has 8 heteroatoms. The van der Waals surface area contributed by atoms with E-state index in [0.29, 0.717) is 23.0 Å². The molecular formula is C14H11N5O3. The van der Waals surface area contributed by atoms with Gasteiger partial charge < -0.3 is 9.84 Å². The Morgan fingerprint density at radius 1 is 1.27 bits per heavy atom. The second-order valence-corrected chi connectivity index (χ2v) is 4.29. The van der Waals surface area contributed by atoms with Crippen LogP contribution in [-0.2, 0) is 0 Å². The molecular weight excluding hydrogens is 286 g/mol. The third-order valence-electron chi connectivity index (χ3n) is 2.95. The van der Waals surface area contributed by atoms with Gasteiger partial charge in [-0.3, -0.25) is 0 Å². The molecule has 3 rings (SSSR count). The maximum atomic E-state index is 11.2. The molecule has 3 aromatic heterocycles. The van der Waals surface area contributed by atoms with Crippen LogP contribution in [0.3, 0.4) is 0 Å². The van der Waals surface area contributed by atoms with E-state index in [1.165, 1.54) is 24.2 Å². The summed E-state index contributed by atoms with van der Waals surface area (Å²) < 4.78 is 6.48. The van der Waals surface area contributed by atoms with Gasteiger partial charge in [0.25, 0.3) is 0 Å². The molecule has 0 saturated heterocycles. The second kappa shape index (κ2) is 5.60. The minimum atomic E-state index is -1.12. The van der Waals surface area contributed by atoms with Gasteiger partial charge in [0, 0.05) is 18.3 Å². The molecule has 0 aliphatic heterocycles. The summed E-state index contributed by atoms with van der Waals surface area (Å²) in [6, 6.07) is 6.53. The largest absolute Gasteiger partial charge is 0.481 e. The number of ether oxygens (including phenoxy) is 1. The van der Waals surface area contributed by atoms with Crippen LogP contribution in [0.15, 0.2) is 43.0 Å². The second-order valence-electron chi connectivity index (χ2n) is 4.29. The van der Waals surface area contributed by atoms with Crippen LogP contribution in [0.2, 0.25) is 0 Å². The van der Waals surface area contributed by atoms with E-state index >= 15 is 0 Å². The number of hydrogen-bond donors (Lipinski definition) is 1. The topological polar surface area (TPSA) is 103 Å². The van der Waals surface area contributed by atoms with Gasteiger partial charge >= 0.3 is 5.97 Å². The quantitative estimate of drug-likeness (QED) is 0.776. The van der Waals surface area contributed by atoms with Crippen molar-refractivity contribution in [2.24, 2.45) is 0 Å². The summed E-state index contributed by atoms with van der Waals surface area (Å²) >= 11 is 0. The molecule has 0 aromatic carbocycles. The lowest BCUT2D eigenvalue weighted by Gasteiger charge is -2.07. The van der Waals surface area contributed by atoms with Gasteiger partial charge in [-0.25, -0.2) is 24.4 Å². The van der Waals surface area contributed by atoms with Crippen molar-refractivity contribution < 1.29 is 14.6 Å². The SMILES string of the molecule is COc1ccc(-n2nc(C(=O)O)cc2-c2ccncn2)cn1. The predicted molar refractivity (Wildman–Crippen MR) is 75.9 cm³/mol. The first-order chi connectivity index (χ1) is 10.7. The molecule has 0 aliphatic rings. The number of pyridine rings is 1. The highest BCUT2D eigenvalue weighted by molar-refractivity contribution is 5.87. The molecule has 0 fully saturated rings. The van der Waals surface area contributed by atoms with Crippen molar-refractivity contribution in [3.05, 3.63) is 48.7 Å². The zero-order valence-electron chi connectivity index (χ0n) is 11.5.